The molecule has 2 aromatic carbocycles. The Hall–Kier alpha value is -3.34. The monoisotopic (exact) mass is 347 g/mol. The summed E-state index contributed by atoms with van der Waals surface area (Å²) in [5, 5.41) is 0. The Labute approximate surface area is 152 Å². The van der Waals surface area contributed by atoms with Gasteiger partial charge in [-0.05, 0) is 56.3 Å². The van der Waals surface area contributed by atoms with Crippen LogP contribution in [0, 0.1) is 13.8 Å². The summed E-state index contributed by atoms with van der Waals surface area (Å²) in [5.74, 6) is 0.650. The number of nitrogens with zero attached hydrogens (tertiary/aromatic N) is 2. The summed E-state index contributed by atoms with van der Waals surface area (Å²) in [6, 6.07) is 18.7. The number of hydrogen-bond acceptors (Lipinski definition) is 3. The fraction of sp³-hybridized carbons (Fsp3) is 0.143. The minimum atomic E-state index is -0.147. The van der Waals surface area contributed by atoms with Crippen molar-refractivity contribution < 1.29 is 9.53 Å². The molecular weight excluding hydrogens is 326 g/mol. The van der Waals surface area contributed by atoms with Gasteiger partial charge in [0.25, 0.3) is 5.91 Å². The van der Waals surface area contributed by atoms with Gasteiger partial charge in [-0.1, -0.05) is 18.2 Å². The number of nitrogens with one attached hydrogen (secondary N) is 1. The number of rotatable bonds is 5. The van der Waals surface area contributed by atoms with Crippen molar-refractivity contribution in [3.63, 3.8) is 0 Å². The number of methoxy groups -OCH3 is 1. The molecule has 5 nitrogen and oxygen atoms in total. The topological polar surface area (TPSA) is 55.6 Å². The SMILES string of the molecule is COc1ccc(N=Cc2cc(C)n(NC(=O)c3ccccc3)c2C)cc1. The largest absolute Gasteiger partial charge is 0.497 e. The maximum absolute atomic E-state index is 12.4. The van der Waals surface area contributed by atoms with E-state index in [0.717, 1.165) is 28.4 Å². The summed E-state index contributed by atoms with van der Waals surface area (Å²) in [6.07, 6.45) is 1.80. The van der Waals surface area contributed by atoms with Crippen molar-refractivity contribution in [2.24, 2.45) is 4.99 Å². The van der Waals surface area contributed by atoms with E-state index in [4.69, 9.17) is 4.74 Å². The van der Waals surface area contributed by atoms with Crippen LogP contribution in [0.1, 0.15) is 27.3 Å². The van der Waals surface area contributed by atoms with Crippen molar-refractivity contribution in [1.82, 2.24) is 4.68 Å². The highest BCUT2D eigenvalue weighted by atomic mass is 16.5. The fourth-order valence-electron chi connectivity index (χ4n) is 2.66. The van der Waals surface area contributed by atoms with Crippen LogP contribution in [0.2, 0.25) is 0 Å². The van der Waals surface area contributed by atoms with Crippen LogP contribution >= 0.6 is 0 Å². The first-order valence-electron chi connectivity index (χ1n) is 8.32. The molecule has 0 aliphatic heterocycles. The van der Waals surface area contributed by atoms with Crippen LogP contribution in [-0.2, 0) is 0 Å². The van der Waals surface area contributed by atoms with Gasteiger partial charge in [0.2, 0.25) is 0 Å². The molecule has 1 aromatic heterocycles. The Kier molecular flexibility index (Phi) is 5.17. The summed E-state index contributed by atoms with van der Waals surface area (Å²) < 4.78 is 6.93. The van der Waals surface area contributed by atoms with E-state index >= 15 is 0 Å². The van der Waals surface area contributed by atoms with E-state index < -0.39 is 0 Å². The molecule has 5 heteroatoms. The predicted molar refractivity (Wildman–Crippen MR) is 104 cm³/mol. The molecular formula is C21H21N3O2. The summed E-state index contributed by atoms with van der Waals surface area (Å²) in [7, 11) is 1.64. The van der Waals surface area contributed by atoms with E-state index in [-0.39, 0.29) is 5.91 Å². The number of carbonyl (C=O) groups excluding carboxylic acids is 1. The molecule has 0 radical (unpaired) electrons. The number of ether oxygens (including phenoxy) is 1. The van der Waals surface area contributed by atoms with Gasteiger partial charge in [-0.2, -0.15) is 0 Å². The number of benzene rings is 2. The van der Waals surface area contributed by atoms with Gasteiger partial charge >= 0.3 is 0 Å². The van der Waals surface area contributed by atoms with Crippen molar-refractivity contribution in [2.75, 3.05) is 12.5 Å². The number of amides is 1. The number of aliphatic imine (C=N–C) groups is 1. The smallest absolute Gasteiger partial charge is 0.270 e. The van der Waals surface area contributed by atoms with Crippen molar-refractivity contribution in [3.05, 3.63) is 83.2 Å². The van der Waals surface area contributed by atoms with Gasteiger partial charge in [-0.15, -0.1) is 0 Å². The van der Waals surface area contributed by atoms with Crippen molar-refractivity contribution in [1.29, 1.82) is 0 Å². The maximum atomic E-state index is 12.4. The lowest BCUT2D eigenvalue weighted by Gasteiger charge is -2.11. The Bertz CT molecular complexity index is 926. The lowest BCUT2D eigenvalue weighted by atomic mass is 10.2. The molecule has 0 aliphatic rings. The standard InChI is InChI=1S/C21H21N3O2/c1-15-13-18(14-22-19-9-11-20(26-3)12-10-19)16(2)24(15)23-21(25)17-7-5-4-6-8-17/h4-14H,1-3H3,(H,23,25). The molecule has 1 heterocycles. The molecule has 0 aliphatic carbocycles. The molecule has 0 saturated heterocycles. The van der Waals surface area contributed by atoms with E-state index in [9.17, 15) is 4.79 Å². The van der Waals surface area contributed by atoms with Crippen LogP contribution in [-0.4, -0.2) is 23.9 Å². The third-order valence-corrected chi connectivity index (χ3v) is 4.14. The number of aryl methyl sites for hydroxylation is 1. The summed E-state index contributed by atoms with van der Waals surface area (Å²) in [6.45, 7) is 3.90. The maximum Gasteiger partial charge on any atom is 0.270 e. The van der Waals surface area contributed by atoms with Gasteiger partial charge in [0.1, 0.15) is 5.75 Å². The van der Waals surface area contributed by atoms with E-state index in [1.54, 1.807) is 30.1 Å². The molecule has 3 rings (SSSR count). The third kappa shape index (κ3) is 3.83. The molecule has 1 N–H and O–H groups in total. The van der Waals surface area contributed by atoms with E-state index in [1.165, 1.54) is 0 Å². The van der Waals surface area contributed by atoms with Crippen molar-refractivity contribution in [2.45, 2.75) is 13.8 Å². The van der Waals surface area contributed by atoms with Crippen LogP contribution in [0.3, 0.4) is 0 Å². The zero-order valence-electron chi connectivity index (χ0n) is 15.1. The van der Waals surface area contributed by atoms with Crippen LogP contribution in [0.4, 0.5) is 5.69 Å². The third-order valence-electron chi connectivity index (χ3n) is 4.14. The van der Waals surface area contributed by atoms with Crippen molar-refractivity contribution in [3.8, 4) is 5.75 Å². The van der Waals surface area contributed by atoms with Gasteiger partial charge in [-0.25, -0.2) is 0 Å². The Morgan fingerprint density at radius 1 is 1.08 bits per heavy atom. The molecule has 1 amide bonds. The van der Waals surface area contributed by atoms with Crippen LogP contribution in [0.25, 0.3) is 0 Å². The van der Waals surface area contributed by atoms with Crippen LogP contribution in [0.5, 0.6) is 5.75 Å². The molecule has 0 fully saturated rings. The molecule has 26 heavy (non-hydrogen) atoms. The zero-order chi connectivity index (χ0) is 18.5. The van der Waals surface area contributed by atoms with E-state index in [1.807, 2.05) is 62.4 Å². The summed E-state index contributed by atoms with van der Waals surface area (Å²) in [5.41, 5.74) is 7.19. The Morgan fingerprint density at radius 3 is 2.42 bits per heavy atom. The molecule has 0 bridgehead atoms. The van der Waals surface area contributed by atoms with E-state index in [0.29, 0.717) is 5.56 Å². The van der Waals surface area contributed by atoms with Crippen molar-refractivity contribution >= 4 is 17.8 Å². The van der Waals surface area contributed by atoms with Gasteiger partial charge in [-0.3, -0.25) is 19.9 Å². The van der Waals surface area contributed by atoms with Gasteiger partial charge < -0.3 is 4.74 Å². The highest BCUT2D eigenvalue weighted by molar-refractivity contribution is 6.00. The Morgan fingerprint density at radius 2 is 1.77 bits per heavy atom. The first kappa shape index (κ1) is 17.5. The molecule has 0 unspecified atom stereocenters. The fourth-order valence-corrected chi connectivity index (χ4v) is 2.66. The molecule has 3 aromatic rings. The number of carbonyl (C=O) groups is 1. The van der Waals surface area contributed by atoms with Gasteiger partial charge in [0.15, 0.2) is 0 Å². The minimum absolute atomic E-state index is 0.147. The highest BCUT2D eigenvalue weighted by Crippen LogP contribution is 2.19. The molecule has 0 atom stereocenters. The predicted octanol–water partition coefficient (Wildman–Crippen LogP) is 4.25. The van der Waals surface area contributed by atoms with Crippen LogP contribution < -0.4 is 10.2 Å². The Balaban J connectivity index is 1.79. The van der Waals surface area contributed by atoms with Gasteiger partial charge in [0.05, 0.1) is 12.8 Å². The molecule has 0 saturated carbocycles. The quantitative estimate of drug-likeness (QED) is 0.702. The van der Waals surface area contributed by atoms with E-state index in [2.05, 4.69) is 10.4 Å². The lowest BCUT2D eigenvalue weighted by molar-refractivity contribution is 0.101. The summed E-state index contributed by atoms with van der Waals surface area (Å²) >= 11 is 0. The second-order valence-corrected chi connectivity index (χ2v) is 5.93. The lowest BCUT2D eigenvalue weighted by Crippen LogP contribution is -2.24. The number of aromatic nitrogens is 1. The first-order valence-corrected chi connectivity index (χ1v) is 8.32. The normalized spacial score (nSPS) is 10.9. The second-order valence-electron chi connectivity index (χ2n) is 5.93. The molecule has 132 valence electrons. The highest BCUT2D eigenvalue weighted by Gasteiger charge is 2.11. The summed E-state index contributed by atoms with van der Waals surface area (Å²) in [4.78, 5) is 16.9. The average molecular weight is 347 g/mol. The number of hydrogen-bond donors (Lipinski definition) is 1. The van der Waals surface area contributed by atoms with Gasteiger partial charge in [0, 0.05) is 28.7 Å². The van der Waals surface area contributed by atoms with Crippen LogP contribution in [0.15, 0.2) is 65.7 Å². The average Bonchev–Trinajstić information content (AvgIpc) is 2.95. The second kappa shape index (κ2) is 7.70. The molecule has 0 spiro atoms. The minimum Gasteiger partial charge on any atom is -0.497 e. The zero-order valence-corrected chi connectivity index (χ0v) is 15.1. The first-order chi connectivity index (χ1) is 12.6.